The Labute approximate surface area is 204 Å². The topological polar surface area (TPSA) is 67.9 Å². The van der Waals surface area contributed by atoms with Gasteiger partial charge in [0, 0.05) is 24.6 Å². The molecule has 2 heterocycles. The van der Waals surface area contributed by atoms with Crippen LogP contribution >= 0.6 is 11.3 Å². The maximum atomic E-state index is 13.6. The lowest BCUT2D eigenvalue weighted by atomic mass is 10.0. The van der Waals surface area contributed by atoms with Gasteiger partial charge in [-0.1, -0.05) is 48.5 Å². The number of hydrogen-bond donors (Lipinski definition) is 1. The highest BCUT2D eigenvalue weighted by Gasteiger charge is 2.34. The van der Waals surface area contributed by atoms with Gasteiger partial charge < -0.3 is 19.7 Å². The summed E-state index contributed by atoms with van der Waals surface area (Å²) in [5.74, 6) is 0.477. The molecule has 2 atom stereocenters. The first kappa shape index (κ1) is 24.0. The number of rotatable bonds is 10. The van der Waals surface area contributed by atoms with Gasteiger partial charge in [0.15, 0.2) is 0 Å². The molecule has 1 fully saturated rings. The molecule has 7 heteroatoms. The van der Waals surface area contributed by atoms with Gasteiger partial charge in [-0.2, -0.15) is 0 Å². The van der Waals surface area contributed by atoms with Gasteiger partial charge in [0.25, 0.3) is 0 Å². The third-order valence-corrected chi connectivity index (χ3v) is 6.83. The lowest BCUT2D eigenvalue weighted by Gasteiger charge is -2.33. The van der Waals surface area contributed by atoms with E-state index in [0.717, 1.165) is 34.6 Å². The van der Waals surface area contributed by atoms with E-state index in [4.69, 9.17) is 9.47 Å². The van der Waals surface area contributed by atoms with Gasteiger partial charge in [0.05, 0.1) is 19.6 Å². The Bertz CT molecular complexity index is 1050. The van der Waals surface area contributed by atoms with E-state index in [9.17, 15) is 9.59 Å². The van der Waals surface area contributed by atoms with E-state index in [1.807, 2.05) is 72.1 Å². The minimum atomic E-state index is -0.740. The molecule has 178 valence electrons. The van der Waals surface area contributed by atoms with Crippen molar-refractivity contribution in [2.45, 2.75) is 38.0 Å². The summed E-state index contributed by atoms with van der Waals surface area (Å²) in [5.41, 5.74) is 1.74. The summed E-state index contributed by atoms with van der Waals surface area (Å²) in [6.07, 6.45) is 2.06. The van der Waals surface area contributed by atoms with Crippen LogP contribution < -0.4 is 10.1 Å². The van der Waals surface area contributed by atoms with E-state index < -0.39 is 6.04 Å². The van der Waals surface area contributed by atoms with Crippen molar-refractivity contribution >= 4 is 23.2 Å². The minimum Gasteiger partial charge on any atom is -0.497 e. The molecule has 0 spiro atoms. The minimum absolute atomic E-state index is 0.0621. The SMILES string of the molecule is COc1ccc(CNC(=O)[C@@H](c2ccccc2)N(C[C@H]2CCCO2)C(=O)Cc2cccs2)cc1. The Balaban J connectivity index is 1.58. The summed E-state index contributed by atoms with van der Waals surface area (Å²) < 4.78 is 11.1. The molecule has 1 N–H and O–H groups in total. The number of thiophene rings is 1. The van der Waals surface area contributed by atoms with E-state index in [1.54, 1.807) is 23.3 Å². The molecule has 6 nitrogen and oxygen atoms in total. The molecular weight excluding hydrogens is 448 g/mol. The van der Waals surface area contributed by atoms with Crippen molar-refractivity contribution in [3.8, 4) is 5.75 Å². The number of carbonyl (C=O) groups is 2. The molecule has 3 aromatic rings. The Morgan fingerprint density at radius 1 is 1.12 bits per heavy atom. The van der Waals surface area contributed by atoms with Crippen LogP contribution in [0.5, 0.6) is 5.75 Å². The molecule has 1 saturated heterocycles. The zero-order valence-electron chi connectivity index (χ0n) is 19.3. The highest BCUT2D eigenvalue weighted by Crippen LogP contribution is 2.26. The van der Waals surface area contributed by atoms with Crippen molar-refractivity contribution in [1.29, 1.82) is 0 Å². The second-order valence-corrected chi connectivity index (χ2v) is 9.35. The van der Waals surface area contributed by atoms with Crippen LogP contribution in [0.25, 0.3) is 0 Å². The van der Waals surface area contributed by atoms with Crippen molar-refractivity contribution in [3.05, 3.63) is 88.1 Å². The largest absolute Gasteiger partial charge is 0.497 e. The fourth-order valence-corrected chi connectivity index (χ4v) is 4.86. The summed E-state index contributed by atoms with van der Waals surface area (Å²) in [5, 5.41) is 5.00. The third-order valence-electron chi connectivity index (χ3n) is 5.95. The van der Waals surface area contributed by atoms with Crippen molar-refractivity contribution in [2.24, 2.45) is 0 Å². The maximum absolute atomic E-state index is 13.6. The average Bonchev–Trinajstić information content (AvgIpc) is 3.58. The second-order valence-electron chi connectivity index (χ2n) is 8.32. The molecule has 2 aromatic carbocycles. The highest BCUT2D eigenvalue weighted by atomic mass is 32.1. The number of nitrogens with zero attached hydrogens (tertiary/aromatic N) is 1. The van der Waals surface area contributed by atoms with E-state index in [1.165, 1.54) is 0 Å². The predicted octanol–water partition coefficient (Wildman–Crippen LogP) is 4.36. The van der Waals surface area contributed by atoms with Gasteiger partial charge in [-0.25, -0.2) is 0 Å². The van der Waals surface area contributed by atoms with Crippen molar-refractivity contribution < 1.29 is 19.1 Å². The summed E-state index contributed by atoms with van der Waals surface area (Å²) in [4.78, 5) is 29.8. The van der Waals surface area contributed by atoms with E-state index in [0.29, 0.717) is 19.7 Å². The molecule has 34 heavy (non-hydrogen) atoms. The van der Waals surface area contributed by atoms with Crippen molar-refractivity contribution in [1.82, 2.24) is 10.2 Å². The second kappa shape index (κ2) is 11.8. The summed E-state index contributed by atoms with van der Waals surface area (Å²) >= 11 is 1.55. The first-order valence-corrected chi connectivity index (χ1v) is 12.4. The van der Waals surface area contributed by atoms with Crippen LogP contribution in [0.2, 0.25) is 0 Å². The van der Waals surface area contributed by atoms with Gasteiger partial charge >= 0.3 is 0 Å². The molecule has 1 aromatic heterocycles. The third kappa shape index (κ3) is 6.24. The van der Waals surface area contributed by atoms with Crippen LogP contribution in [0.1, 0.15) is 34.9 Å². The van der Waals surface area contributed by atoms with Gasteiger partial charge in [-0.15, -0.1) is 11.3 Å². The molecule has 0 radical (unpaired) electrons. The number of nitrogens with one attached hydrogen (secondary N) is 1. The maximum Gasteiger partial charge on any atom is 0.247 e. The zero-order chi connectivity index (χ0) is 23.8. The fourth-order valence-electron chi connectivity index (χ4n) is 4.16. The Morgan fingerprint density at radius 2 is 1.91 bits per heavy atom. The number of carbonyl (C=O) groups excluding carboxylic acids is 2. The number of ether oxygens (including phenoxy) is 2. The lowest BCUT2D eigenvalue weighted by molar-refractivity contribution is -0.142. The fraction of sp³-hybridized carbons (Fsp3) is 0.333. The smallest absolute Gasteiger partial charge is 0.247 e. The number of hydrogen-bond acceptors (Lipinski definition) is 5. The van der Waals surface area contributed by atoms with Crippen molar-refractivity contribution in [2.75, 3.05) is 20.3 Å². The van der Waals surface area contributed by atoms with Crippen LogP contribution in [-0.4, -0.2) is 43.1 Å². The molecular formula is C27H30N2O4S. The van der Waals surface area contributed by atoms with Gasteiger partial charge in [0.1, 0.15) is 11.8 Å². The summed E-state index contributed by atoms with van der Waals surface area (Å²) in [6.45, 7) is 1.44. The molecule has 0 saturated carbocycles. The molecule has 1 aliphatic heterocycles. The number of amides is 2. The lowest BCUT2D eigenvalue weighted by Crippen LogP contribution is -2.47. The van der Waals surface area contributed by atoms with Crippen LogP contribution in [0, 0.1) is 0 Å². The van der Waals surface area contributed by atoms with Crippen LogP contribution in [0.4, 0.5) is 0 Å². The standard InChI is InChI=1S/C27H30N2O4S/c1-32-22-13-11-20(12-14-22)18-28-27(31)26(21-7-3-2-4-8-21)29(19-23-9-5-15-33-23)25(30)17-24-10-6-16-34-24/h2-4,6-8,10-14,16,23,26H,5,9,15,17-19H2,1H3,(H,28,31)/t23-,26-/m1/s1. The molecule has 0 unspecified atom stereocenters. The molecule has 0 bridgehead atoms. The highest BCUT2D eigenvalue weighted by molar-refractivity contribution is 7.10. The predicted molar refractivity (Wildman–Crippen MR) is 133 cm³/mol. The van der Waals surface area contributed by atoms with Gasteiger partial charge in [-0.3, -0.25) is 9.59 Å². The average molecular weight is 479 g/mol. The molecule has 4 rings (SSSR count). The zero-order valence-corrected chi connectivity index (χ0v) is 20.1. The molecule has 1 aliphatic rings. The van der Waals surface area contributed by atoms with Crippen LogP contribution in [0.3, 0.4) is 0 Å². The Kier molecular flexibility index (Phi) is 8.33. The van der Waals surface area contributed by atoms with E-state index >= 15 is 0 Å². The number of benzene rings is 2. The van der Waals surface area contributed by atoms with Gasteiger partial charge in [0.2, 0.25) is 11.8 Å². The van der Waals surface area contributed by atoms with E-state index in [2.05, 4.69) is 5.32 Å². The normalized spacial score (nSPS) is 16.1. The monoisotopic (exact) mass is 478 g/mol. The molecule has 2 amide bonds. The molecule has 0 aliphatic carbocycles. The number of methoxy groups -OCH3 is 1. The quantitative estimate of drug-likeness (QED) is 0.470. The first-order chi connectivity index (χ1) is 16.6. The van der Waals surface area contributed by atoms with Crippen LogP contribution in [-0.2, 0) is 27.3 Å². The Hall–Kier alpha value is -3.16. The first-order valence-electron chi connectivity index (χ1n) is 11.5. The van der Waals surface area contributed by atoms with Crippen molar-refractivity contribution in [3.63, 3.8) is 0 Å². The van der Waals surface area contributed by atoms with E-state index in [-0.39, 0.29) is 24.3 Å². The summed E-state index contributed by atoms with van der Waals surface area (Å²) in [6, 6.07) is 20.2. The van der Waals surface area contributed by atoms with Crippen LogP contribution in [0.15, 0.2) is 72.1 Å². The summed E-state index contributed by atoms with van der Waals surface area (Å²) in [7, 11) is 1.62. The Morgan fingerprint density at radius 3 is 2.56 bits per heavy atom. The van der Waals surface area contributed by atoms with Gasteiger partial charge in [-0.05, 0) is 47.5 Å².